The predicted molar refractivity (Wildman–Crippen MR) is 21.8 cm³/mol. The van der Waals surface area contributed by atoms with Gasteiger partial charge in [-0.15, -0.1) is 0 Å². The molecule has 0 aliphatic heterocycles. The average Bonchev–Trinajstić information content (AvgIpc) is 1.61. The van der Waals surface area contributed by atoms with Crippen LogP contribution in [-0.2, 0) is 14.6 Å². The number of carbonyl (C=O) groups excluding carboxylic acids is 1. The van der Waals surface area contributed by atoms with Crippen molar-refractivity contribution in [2.45, 2.75) is 13.0 Å². The number of ether oxygens (including phenoxy) is 1. The van der Waals surface area contributed by atoms with Gasteiger partial charge < -0.3 is 4.74 Å². The monoisotopic (exact) mass is 102 g/mol. The van der Waals surface area contributed by atoms with E-state index in [1.54, 1.807) is 0 Å². The van der Waals surface area contributed by atoms with Gasteiger partial charge in [-0.3, -0.25) is 0 Å². The number of rotatable bonds is 3. The molecule has 2 radical (unpaired) electrons. The van der Waals surface area contributed by atoms with Crippen molar-refractivity contribution in [3.05, 3.63) is 0 Å². The summed E-state index contributed by atoms with van der Waals surface area (Å²) in [6.07, 6.45) is -0.832. The zero-order valence-electron chi connectivity index (χ0n) is 4.01. The van der Waals surface area contributed by atoms with Gasteiger partial charge in [0.15, 0.2) is 0 Å². The second kappa shape index (κ2) is 3.61. The zero-order valence-corrected chi connectivity index (χ0v) is 4.01. The van der Waals surface area contributed by atoms with Gasteiger partial charge in [-0.1, -0.05) is 0 Å². The van der Waals surface area contributed by atoms with E-state index in [0.29, 0.717) is 0 Å². The van der Waals surface area contributed by atoms with Gasteiger partial charge >= 0.3 is 6.47 Å². The van der Waals surface area contributed by atoms with Crippen molar-refractivity contribution in [2.24, 2.45) is 0 Å². The molecule has 1 unspecified atom stereocenters. The molecule has 0 aromatic rings. The van der Waals surface area contributed by atoms with Gasteiger partial charge in [0.1, 0.15) is 12.7 Å². The van der Waals surface area contributed by atoms with Gasteiger partial charge in [-0.05, 0) is 6.92 Å². The highest BCUT2D eigenvalue weighted by molar-refractivity contribution is 5.38. The Morgan fingerprint density at radius 3 is 2.57 bits per heavy atom. The van der Waals surface area contributed by atoms with Crippen LogP contribution in [0.15, 0.2) is 0 Å². The molecule has 0 saturated carbocycles. The van der Waals surface area contributed by atoms with Crippen molar-refractivity contribution in [1.29, 1.82) is 0 Å². The van der Waals surface area contributed by atoms with E-state index in [2.05, 4.69) is 4.74 Å². The predicted octanol–water partition coefficient (Wildman–Crippen LogP) is -0.111. The molecule has 7 heavy (non-hydrogen) atoms. The van der Waals surface area contributed by atoms with Crippen LogP contribution in [-0.4, -0.2) is 19.2 Å². The third-order valence-corrected chi connectivity index (χ3v) is 0.377. The lowest BCUT2D eigenvalue weighted by atomic mass is 10.5. The van der Waals surface area contributed by atoms with Gasteiger partial charge in [-0.2, -0.15) is 0 Å². The first-order valence-corrected chi connectivity index (χ1v) is 1.92. The van der Waals surface area contributed by atoms with Gasteiger partial charge in [0.05, 0.1) is 0 Å². The summed E-state index contributed by atoms with van der Waals surface area (Å²) in [5.74, 6) is 0. The second-order valence-electron chi connectivity index (χ2n) is 1.20. The van der Waals surface area contributed by atoms with Crippen molar-refractivity contribution >= 4 is 6.47 Å². The minimum absolute atomic E-state index is 0.0799. The topological polar surface area (TPSA) is 46.2 Å². The summed E-state index contributed by atoms with van der Waals surface area (Å²) in [7, 11) is 0. The third kappa shape index (κ3) is 5.43. The molecular formula is C4H6O3. The fraction of sp³-hybridized carbons (Fsp3) is 0.750. The Labute approximate surface area is 41.9 Å². The summed E-state index contributed by atoms with van der Waals surface area (Å²) < 4.78 is 3.98. The van der Waals surface area contributed by atoms with Gasteiger partial charge in [0, 0.05) is 0 Å². The van der Waals surface area contributed by atoms with E-state index in [0.717, 1.165) is 6.47 Å². The minimum Gasteiger partial charge on any atom is -0.454 e. The Kier molecular flexibility index (Phi) is 3.32. The van der Waals surface area contributed by atoms with Crippen LogP contribution in [0.1, 0.15) is 6.92 Å². The Balaban J connectivity index is 2.81. The molecule has 0 amide bonds. The number of hydrogen-bond donors (Lipinski definition) is 0. The van der Waals surface area contributed by atoms with Gasteiger partial charge in [0.25, 0.3) is 0 Å². The fourth-order valence-corrected chi connectivity index (χ4v) is 0.151. The van der Waals surface area contributed by atoms with Crippen molar-refractivity contribution in [3.63, 3.8) is 0 Å². The van der Waals surface area contributed by atoms with Crippen LogP contribution in [0, 0.1) is 0 Å². The van der Waals surface area contributed by atoms with Crippen molar-refractivity contribution in [3.8, 4) is 0 Å². The number of hydrogen-bond acceptors (Lipinski definition) is 2. The molecule has 0 aromatic heterocycles. The molecule has 0 aliphatic rings. The molecule has 0 fully saturated rings. The molecular weight excluding hydrogens is 96.0 g/mol. The summed E-state index contributed by atoms with van der Waals surface area (Å²) in [4.78, 5) is 9.22. The van der Waals surface area contributed by atoms with Crippen LogP contribution in [0.25, 0.3) is 0 Å². The molecule has 0 rings (SSSR count). The van der Waals surface area contributed by atoms with Crippen LogP contribution in [0.4, 0.5) is 0 Å². The highest BCUT2D eigenvalue weighted by atomic mass is 16.5. The standard InChI is InChI=1S/C4H6O3/c1-4(6)2-7-3-5/h4H,2H2,1H3. The molecule has 0 heterocycles. The Hall–Kier alpha value is -0.570. The van der Waals surface area contributed by atoms with Crippen LogP contribution in [0.5, 0.6) is 0 Å². The third-order valence-electron chi connectivity index (χ3n) is 0.377. The largest absolute Gasteiger partial charge is 0.454 e. The highest BCUT2D eigenvalue weighted by Gasteiger charge is 1.94. The van der Waals surface area contributed by atoms with Gasteiger partial charge in [0.2, 0.25) is 0 Å². The second-order valence-corrected chi connectivity index (χ2v) is 1.20. The summed E-state index contributed by atoms with van der Waals surface area (Å²) in [6, 6.07) is 0. The molecule has 40 valence electrons. The molecule has 0 saturated heterocycles. The van der Waals surface area contributed by atoms with Crippen molar-refractivity contribution < 1.29 is 14.6 Å². The zero-order chi connectivity index (χ0) is 5.70. The van der Waals surface area contributed by atoms with E-state index in [9.17, 15) is 9.90 Å². The van der Waals surface area contributed by atoms with Crippen LogP contribution in [0.3, 0.4) is 0 Å². The van der Waals surface area contributed by atoms with E-state index >= 15 is 0 Å². The summed E-state index contributed by atoms with van der Waals surface area (Å²) in [5.41, 5.74) is 0. The first-order chi connectivity index (χ1) is 3.27. The Bertz CT molecular complexity index is 50.9. The van der Waals surface area contributed by atoms with Gasteiger partial charge in [-0.25, -0.2) is 9.90 Å². The maximum atomic E-state index is 9.98. The lowest BCUT2D eigenvalue weighted by molar-refractivity contribution is 0.0526. The molecule has 0 spiro atoms. The smallest absolute Gasteiger partial charge is 0.417 e. The van der Waals surface area contributed by atoms with Crippen LogP contribution in [0.2, 0.25) is 0 Å². The lowest BCUT2D eigenvalue weighted by Crippen LogP contribution is -2.06. The summed E-state index contributed by atoms with van der Waals surface area (Å²) in [5, 5.41) is 9.98. The molecule has 3 nitrogen and oxygen atoms in total. The molecule has 0 aliphatic carbocycles. The maximum Gasteiger partial charge on any atom is 0.417 e. The van der Waals surface area contributed by atoms with E-state index in [4.69, 9.17) is 0 Å². The summed E-state index contributed by atoms with van der Waals surface area (Å²) in [6.45, 7) is 2.48. The van der Waals surface area contributed by atoms with Crippen molar-refractivity contribution in [1.82, 2.24) is 0 Å². The quantitative estimate of drug-likeness (QED) is 0.499. The molecule has 0 N–H and O–H groups in total. The fourth-order valence-electron chi connectivity index (χ4n) is 0.151. The van der Waals surface area contributed by atoms with E-state index < -0.39 is 6.10 Å². The normalized spacial score (nSPS) is 12.9. The van der Waals surface area contributed by atoms with Crippen LogP contribution < -0.4 is 0 Å². The molecule has 0 aromatic carbocycles. The molecule has 1 atom stereocenters. The lowest BCUT2D eigenvalue weighted by Gasteiger charge is -1.94. The summed E-state index contributed by atoms with van der Waals surface area (Å²) >= 11 is 0. The Morgan fingerprint density at radius 1 is 1.86 bits per heavy atom. The molecule has 3 heteroatoms. The Morgan fingerprint density at radius 2 is 2.43 bits per heavy atom. The first-order valence-electron chi connectivity index (χ1n) is 1.92. The van der Waals surface area contributed by atoms with Crippen LogP contribution >= 0.6 is 0 Å². The highest BCUT2D eigenvalue weighted by Crippen LogP contribution is 1.78. The average molecular weight is 102 g/mol. The molecule has 0 bridgehead atoms. The van der Waals surface area contributed by atoms with E-state index in [1.807, 2.05) is 0 Å². The minimum atomic E-state index is -0.832. The maximum absolute atomic E-state index is 9.98. The van der Waals surface area contributed by atoms with E-state index in [-0.39, 0.29) is 6.61 Å². The van der Waals surface area contributed by atoms with Crippen molar-refractivity contribution in [2.75, 3.05) is 6.61 Å². The van der Waals surface area contributed by atoms with E-state index in [1.165, 1.54) is 6.92 Å². The first kappa shape index (κ1) is 6.43. The SMILES string of the molecule is CC([O])CO[C]=O.